The monoisotopic (exact) mass is 634 g/mol. The van der Waals surface area contributed by atoms with Crippen molar-refractivity contribution in [1.29, 1.82) is 0 Å². The summed E-state index contributed by atoms with van der Waals surface area (Å²) in [5.41, 5.74) is 8.61. The molecule has 240 valence electrons. The van der Waals surface area contributed by atoms with Crippen LogP contribution in [0.25, 0.3) is 27.9 Å². The fourth-order valence-corrected chi connectivity index (χ4v) is 6.29. The third-order valence-electron chi connectivity index (χ3n) is 8.86. The van der Waals surface area contributed by atoms with Gasteiger partial charge in [0.15, 0.2) is 5.65 Å². The molecule has 0 radical (unpaired) electrons. The summed E-state index contributed by atoms with van der Waals surface area (Å²) in [6, 6.07) is 6.71. The fourth-order valence-electron chi connectivity index (χ4n) is 6.29. The van der Waals surface area contributed by atoms with Crippen LogP contribution in [0.3, 0.4) is 0 Å². The van der Waals surface area contributed by atoms with Crippen molar-refractivity contribution in [2.45, 2.75) is 37.7 Å². The topological polar surface area (TPSA) is 142 Å². The summed E-state index contributed by atoms with van der Waals surface area (Å²) >= 11 is 0. The van der Waals surface area contributed by atoms with Crippen LogP contribution < -0.4 is 16.4 Å². The molecular formula is C31H33F3N10O2. The number of rotatable bonds is 6. The molecule has 5 heterocycles. The van der Waals surface area contributed by atoms with Gasteiger partial charge >= 0.3 is 12.2 Å². The maximum Gasteiger partial charge on any atom is 0.416 e. The molecule has 7 rings (SSSR count). The number of nitrogen functional groups attached to an aromatic ring is 1. The summed E-state index contributed by atoms with van der Waals surface area (Å²) in [7, 11) is 1.99. The van der Waals surface area contributed by atoms with E-state index in [9.17, 15) is 23.1 Å². The summed E-state index contributed by atoms with van der Waals surface area (Å²) in [4.78, 5) is 30.3. The number of aromatic nitrogens is 5. The first kappa shape index (κ1) is 30.0. The number of benzene rings is 1. The Balaban J connectivity index is 1.14. The molecule has 15 heteroatoms. The van der Waals surface area contributed by atoms with E-state index in [0.29, 0.717) is 59.8 Å². The molecule has 1 saturated heterocycles. The zero-order valence-electron chi connectivity index (χ0n) is 25.0. The van der Waals surface area contributed by atoms with Crippen LogP contribution in [0.1, 0.15) is 30.0 Å². The van der Waals surface area contributed by atoms with Crippen LogP contribution in [0.2, 0.25) is 0 Å². The Kier molecular flexibility index (Phi) is 7.53. The summed E-state index contributed by atoms with van der Waals surface area (Å²) in [5.74, 6) is 0.307. The average Bonchev–Trinajstić information content (AvgIpc) is 3.64. The molecule has 2 fully saturated rings. The Morgan fingerprint density at radius 1 is 1.04 bits per heavy atom. The van der Waals surface area contributed by atoms with E-state index in [1.165, 1.54) is 18.5 Å². The van der Waals surface area contributed by atoms with Crippen LogP contribution >= 0.6 is 0 Å². The van der Waals surface area contributed by atoms with Gasteiger partial charge in [-0.15, -0.1) is 0 Å². The second-order valence-electron chi connectivity index (χ2n) is 12.0. The molecule has 1 saturated carbocycles. The number of hydrogen-bond donors (Lipinski definition) is 4. The van der Waals surface area contributed by atoms with Gasteiger partial charge in [0.1, 0.15) is 17.8 Å². The number of hydrogen-bond acceptors (Lipinski definition) is 8. The Morgan fingerprint density at radius 3 is 2.57 bits per heavy atom. The third-order valence-corrected chi connectivity index (χ3v) is 8.86. The summed E-state index contributed by atoms with van der Waals surface area (Å²) in [5, 5.41) is 15.8. The highest BCUT2D eigenvalue weighted by molar-refractivity contribution is 6.03. The number of pyridine rings is 1. The number of imidazole rings is 1. The molecule has 2 amide bonds. The minimum atomic E-state index is -4.58. The van der Waals surface area contributed by atoms with Gasteiger partial charge in [-0.1, -0.05) is 6.07 Å². The van der Waals surface area contributed by atoms with Crippen molar-refractivity contribution in [1.82, 2.24) is 33.7 Å². The number of carbonyl (C=O) groups is 1. The SMILES string of the molecule is CN1CCN(Cc2ccc(NC(=O)Nc3ccc(-c4cn(C5CC(O)C5)c5ncnc(N)c45)n4ccnc34)cc2C(F)(F)F)CC1. The van der Waals surface area contributed by atoms with Gasteiger partial charge in [0, 0.05) is 68.6 Å². The molecule has 0 unspecified atom stereocenters. The number of aliphatic hydroxyl groups is 1. The van der Waals surface area contributed by atoms with Crippen molar-refractivity contribution in [2.75, 3.05) is 49.6 Å². The molecule has 0 bridgehead atoms. The molecule has 0 spiro atoms. The fraction of sp³-hybridized carbons (Fsp3) is 0.355. The van der Waals surface area contributed by atoms with E-state index in [2.05, 4.69) is 30.5 Å². The van der Waals surface area contributed by atoms with E-state index in [4.69, 9.17) is 5.73 Å². The van der Waals surface area contributed by atoms with Crippen molar-refractivity contribution < 1.29 is 23.1 Å². The summed E-state index contributed by atoms with van der Waals surface area (Å²) in [6.45, 7) is 3.14. The number of aliphatic hydroxyl groups excluding tert-OH is 1. The first-order chi connectivity index (χ1) is 22.0. The number of nitrogens with two attached hydrogens (primary N) is 1. The number of urea groups is 1. The molecule has 0 atom stereocenters. The largest absolute Gasteiger partial charge is 0.416 e. The smallest absolute Gasteiger partial charge is 0.393 e. The third kappa shape index (κ3) is 5.61. The van der Waals surface area contributed by atoms with Gasteiger partial charge in [0.05, 0.1) is 28.4 Å². The zero-order valence-corrected chi connectivity index (χ0v) is 25.0. The molecule has 5 aromatic rings. The van der Waals surface area contributed by atoms with E-state index in [1.807, 2.05) is 22.7 Å². The standard InChI is InChI=1S/C31H33F3N10O2/c1-41-8-10-42(11-9-41)15-18-2-3-19(12-23(18)31(32,33)34)39-30(46)40-24-4-5-25(43-7-6-36-28(24)43)22-16-44(20-13-21(45)14-20)29-26(22)27(35)37-17-38-29/h2-7,12,16-17,20-21,45H,8-11,13-15H2,1H3,(H2,35,37,38)(H2,39,40,46). The van der Waals surface area contributed by atoms with Gasteiger partial charge in [-0.05, 0) is 49.7 Å². The molecule has 46 heavy (non-hydrogen) atoms. The number of amides is 2. The van der Waals surface area contributed by atoms with E-state index in [1.54, 1.807) is 28.9 Å². The van der Waals surface area contributed by atoms with Crippen LogP contribution in [0.5, 0.6) is 0 Å². The number of fused-ring (bicyclic) bond motifs is 2. The van der Waals surface area contributed by atoms with Gasteiger partial charge in [0.2, 0.25) is 0 Å². The number of piperazine rings is 1. The lowest BCUT2D eigenvalue weighted by molar-refractivity contribution is -0.138. The average molecular weight is 635 g/mol. The summed E-state index contributed by atoms with van der Waals surface area (Å²) < 4.78 is 46.0. The lowest BCUT2D eigenvalue weighted by atomic mass is 9.89. The van der Waals surface area contributed by atoms with Crippen LogP contribution in [0.4, 0.5) is 35.2 Å². The van der Waals surface area contributed by atoms with Gasteiger partial charge in [0.25, 0.3) is 0 Å². The highest BCUT2D eigenvalue weighted by Gasteiger charge is 2.35. The Morgan fingerprint density at radius 2 is 1.83 bits per heavy atom. The second kappa shape index (κ2) is 11.6. The van der Waals surface area contributed by atoms with Crippen LogP contribution in [0, 0.1) is 0 Å². The van der Waals surface area contributed by atoms with Gasteiger partial charge in [-0.3, -0.25) is 9.30 Å². The Bertz CT molecular complexity index is 1920. The molecule has 1 aromatic carbocycles. The summed E-state index contributed by atoms with van der Waals surface area (Å²) in [6.07, 6.45) is 2.93. The Hall–Kier alpha value is -4.73. The molecular weight excluding hydrogens is 601 g/mol. The van der Waals surface area contributed by atoms with E-state index in [0.717, 1.165) is 24.7 Å². The highest BCUT2D eigenvalue weighted by atomic mass is 19.4. The number of likely N-dealkylation sites (N-methyl/N-ethyl adjacent to an activating group) is 1. The molecule has 12 nitrogen and oxygen atoms in total. The first-order valence-corrected chi connectivity index (χ1v) is 15.0. The van der Waals surface area contributed by atoms with Crippen molar-refractivity contribution in [3.63, 3.8) is 0 Å². The molecule has 4 aromatic heterocycles. The number of nitrogens with one attached hydrogen (secondary N) is 2. The van der Waals surface area contributed by atoms with Crippen LogP contribution in [-0.2, 0) is 12.7 Å². The van der Waals surface area contributed by atoms with Gasteiger partial charge < -0.3 is 30.9 Å². The number of anilines is 3. The number of carbonyl (C=O) groups excluding carboxylic acids is 1. The lowest BCUT2D eigenvalue weighted by Gasteiger charge is -2.33. The Labute approximate surface area is 261 Å². The number of halogens is 3. The predicted octanol–water partition coefficient (Wildman–Crippen LogP) is 4.43. The van der Waals surface area contributed by atoms with Crippen molar-refractivity contribution >= 4 is 39.9 Å². The minimum Gasteiger partial charge on any atom is -0.393 e. The predicted molar refractivity (Wildman–Crippen MR) is 167 cm³/mol. The van der Waals surface area contributed by atoms with Crippen LogP contribution in [-0.4, -0.2) is 84.2 Å². The minimum absolute atomic E-state index is 0.0207. The van der Waals surface area contributed by atoms with Crippen molar-refractivity contribution in [3.05, 3.63) is 66.4 Å². The normalized spacial score (nSPS) is 19.4. The van der Waals surface area contributed by atoms with E-state index >= 15 is 0 Å². The van der Waals surface area contributed by atoms with Gasteiger partial charge in [-0.25, -0.2) is 19.7 Å². The maximum absolute atomic E-state index is 14.1. The molecule has 1 aliphatic carbocycles. The van der Waals surface area contributed by atoms with Crippen LogP contribution in [0.15, 0.2) is 55.2 Å². The zero-order chi connectivity index (χ0) is 32.2. The molecule has 1 aliphatic heterocycles. The number of nitrogens with zero attached hydrogens (tertiary/aromatic N) is 7. The lowest BCUT2D eigenvalue weighted by Crippen LogP contribution is -2.44. The number of alkyl halides is 3. The molecule has 2 aliphatic rings. The van der Waals surface area contributed by atoms with E-state index in [-0.39, 0.29) is 29.9 Å². The second-order valence-corrected chi connectivity index (χ2v) is 12.0. The quantitative estimate of drug-likeness (QED) is 0.215. The van der Waals surface area contributed by atoms with E-state index < -0.39 is 17.8 Å². The first-order valence-electron chi connectivity index (χ1n) is 15.0. The maximum atomic E-state index is 14.1. The highest BCUT2D eigenvalue weighted by Crippen LogP contribution is 2.40. The van der Waals surface area contributed by atoms with Gasteiger partial charge in [-0.2, -0.15) is 13.2 Å². The molecule has 5 N–H and O–H groups in total. The van der Waals surface area contributed by atoms with Crippen molar-refractivity contribution in [2.24, 2.45) is 0 Å². The van der Waals surface area contributed by atoms with Crippen molar-refractivity contribution in [3.8, 4) is 11.3 Å².